The van der Waals surface area contributed by atoms with Gasteiger partial charge >= 0.3 is 0 Å². The molecule has 0 atom stereocenters. The Bertz CT molecular complexity index is 247. The molecule has 0 spiro atoms. The van der Waals surface area contributed by atoms with Gasteiger partial charge < -0.3 is 0 Å². The molecule has 11 heavy (non-hydrogen) atoms. The highest BCUT2D eigenvalue weighted by Gasteiger charge is 2.53. The lowest BCUT2D eigenvalue weighted by atomic mass is 10.3. The molecule has 0 radical (unpaired) electrons. The largest absolute Gasteiger partial charge is 0.275 e. The first-order valence-electron chi connectivity index (χ1n) is 2.96. The van der Waals surface area contributed by atoms with Crippen LogP contribution >= 0.6 is 0 Å². The van der Waals surface area contributed by atoms with E-state index in [-0.39, 0.29) is 12.8 Å². The van der Waals surface area contributed by atoms with Crippen LogP contribution in [0.2, 0.25) is 0 Å². The van der Waals surface area contributed by atoms with Gasteiger partial charge in [-0.25, -0.2) is 13.9 Å². The number of alkyl halides is 2. The van der Waals surface area contributed by atoms with Crippen LogP contribution in [0.5, 0.6) is 0 Å². The molecule has 4 nitrogen and oxygen atoms in total. The van der Waals surface area contributed by atoms with Crippen molar-refractivity contribution in [2.24, 2.45) is 5.14 Å². The summed E-state index contributed by atoms with van der Waals surface area (Å²) in [7, 11) is -3.99. The minimum absolute atomic E-state index is 0.154. The Hall–Kier alpha value is -0.270. The fraction of sp³-hybridized carbons (Fsp3) is 1.00. The highest BCUT2D eigenvalue weighted by atomic mass is 32.2. The summed E-state index contributed by atoms with van der Waals surface area (Å²) >= 11 is 0. The van der Waals surface area contributed by atoms with Crippen LogP contribution in [0, 0.1) is 0 Å². The van der Waals surface area contributed by atoms with Crippen LogP contribution in [0.1, 0.15) is 12.8 Å². The van der Waals surface area contributed by atoms with E-state index >= 15 is 0 Å². The molecule has 0 saturated heterocycles. The molecule has 1 fully saturated rings. The third kappa shape index (κ3) is 2.08. The Balaban J connectivity index is 2.63. The summed E-state index contributed by atoms with van der Waals surface area (Å²) in [6, 6.07) is 0. The topological polar surface area (TPSA) is 72.2 Å². The lowest BCUT2D eigenvalue weighted by Crippen LogP contribution is -2.45. The van der Waals surface area contributed by atoms with Gasteiger partial charge in [0.15, 0.2) is 0 Å². The van der Waals surface area contributed by atoms with Crippen LogP contribution in [0.15, 0.2) is 0 Å². The molecule has 7 heteroatoms. The maximum Gasteiger partial charge on any atom is 0.275 e. The van der Waals surface area contributed by atoms with Gasteiger partial charge in [-0.1, -0.05) is 0 Å². The van der Waals surface area contributed by atoms with E-state index in [1.54, 1.807) is 4.72 Å². The molecular formula is C4H8F2N2O2S. The Kier molecular flexibility index (Phi) is 1.89. The van der Waals surface area contributed by atoms with Crippen molar-refractivity contribution in [3.63, 3.8) is 0 Å². The molecule has 1 aliphatic rings. The summed E-state index contributed by atoms with van der Waals surface area (Å²) in [6.07, 6.45) is -2.37. The maximum absolute atomic E-state index is 12.0. The van der Waals surface area contributed by atoms with Gasteiger partial charge in [-0.2, -0.15) is 13.1 Å². The van der Waals surface area contributed by atoms with Crippen LogP contribution < -0.4 is 9.86 Å². The molecule has 0 aromatic heterocycles. The molecule has 1 saturated carbocycles. The number of rotatable bonds is 3. The van der Waals surface area contributed by atoms with Crippen LogP contribution in [-0.2, 0) is 10.2 Å². The van der Waals surface area contributed by atoms with Crippen molar-refractivity contribution >= 4 is 10.2 Å². The normalized spacial score (nSPS) is 22.2. The predicted molar refractivity (Wildman–Crippen MR) is 34.2 cm³/mol. The zero-order chi connectivity index (χ0) is 8.70. The van der Waals surface area contributed by atoms with Gasteiger partial charge in [-0.3, -0.25) is 0 Å². The first kappa shape index (κ1) is 8.82. The summed E-state index contributed by atoms with van der Waals surface area (Å²) in [4.78, 5) is 0. The van der Waals surface area contributed by atoms with Crippen molar-refractivity contribution in [1.82, 2.24) is 4.72 Å². The van der Waals surface area contributed by atoms with Gasteiger partial charge in [-0.05, 0) is 12.8 Å². The minimum Gasteiger partial charge on any atom is -0.216 e. The molecule has 66 valence electrons. The Morgan fingerprint density at radius 2 is 1.91 bits per heavy atom. The van der Waals surface area contributed by atoms with Crippen molar-refractivity contribution in [2.45, 2.75) is 24.8 Å². The van der Waals surface area contributed by atoms with Gasteiger partial charge in [0.2, 0.25) is 0 Å². The standard InChI is InChI=1S/C4H8F2N2O2S/c5-3(6)4(1-2-4)8-11(7,9)10/h3,8H,1-2H2,(H2,7,9,10). The van der Waals surface area contributed by atoms with E-state index in [2.05, 4.69) is 5.14 Å². The smallest absolute Gasteiger partial charge is 0.216 e. The molecule has 0 aliphatic heterocycles. The molecule has 1 rings (SSSR count). The number of nitrogens with two attached hydrogens (primary N) is 1. The molecule has 0 amide bonds. The first-order chi connectivity index (χ1) is 4.86. The van der Waals surface area contributed by atoms with E-state index in [0.717, 1.165) is 0 Å². The van der Waals surface area contributed by atoms with Crippen molar-refractivity contribution < 1.29 is 17.2 Å². The Morgan fingerprint density at radius 3 is 2.00 bits per heavy atom. The molecule has 0 aromatic carbocycles. The summed E-state index contributed by atoms with van der Waals surface area (Å²) < 4.78 is 46.4. The number of hydrogen-bond donors (Lipinski definition) is 2. The molecule has 0 aromatic rings. The molecule has 0 bridgehead atoms. The van der Waals surface area contributed by atoms with Gasteiger partial charge in [0, 0.05) is 0 Å². The number of halogens is 2. The van der Waals surface area contributed by atoms with E-state index in [1.807, 2.05) is 0 Å². The fourth-order valence-electron chi connectivity index (χ4n) is 0.783. The van der Waals surface area contributed by atoms with Crippen LogP contribution in [0.3, 0.4) is 0 Å². The van der Waals surface area contributed by atoms with Crippen LogP contribution in [0.4, 0.5) is 8.78 Å². The second-order valence-electron chi connectivity index (χ2n) is 2.60. The van der Waals surface area contributed by atoms with E-state index in [4.69, 9.17) is 0 Å². The SMILES string of the molecule is NS(=O)(=O)NC1(C(F)F)CC1. The van der Waals surface area contributed by atoms with Crippen molar-refractivity contribution in [3.05, 3.63) is 0 Å². The van der Waals surface area contributed by atoms with Crippen molar-refractivity contribution in [2.75, 3.05) is 0 Å². The highest BCUT2D eigenvalue weighted by molar-refractivity contribution is 7.87. The van der Waals surface area contributed by atoms with Gasteiger partial charge in [0.05, 0.1) is 5.54 Å². The summed E-state index contributed by atoms with van der Waals surface area (Å²) in [5.41, 5.74) is -1.56. The molecule has 3 N–H and O–H groups in total. The lowest BCUT2D eigenvalue weighted by Gasteiger charge is -2.13. The van der Waals surface area contributed by atoms with E-state index < -0.39 is 22.2 Å². The molecule has 0 unspecified atom stereocenters. The average Bonchev–Trinajstić information content (AvgIpc) is 2.43. The first-order valence-corrected chi connectivity index (χ1v) is 4.50. The quantitative estimate of drug-likeness (QED) is 0.628. The lowest BCUT2D eigenvalue weighted by molar-refractivity contribution is 0.0970. The zero-order valence-corrected chi connectivity index (χ0v) is 6.37. The van der Waals surface area contributed by atoms with Crippen LogP contribution in [-0.4, -0.2) is 20.4 Å². The highest BCUT2D eigenvalue weighted by Crippen LogP contribution is 2.41. The molecular weight excluding hydrogens is 178 g/mol. The molecule has 0 heterocycles. The zero-order valence-electron chi connectivity index (χ0n) is 5.55. The fourth-order valence-corrected chi connectivity index (χ4v) is 1.64. The van der Waals surface area contributed by atoms with Crippen LogP contribution in [0.25, 0.3) is 0 Å². The second-order valence-corrected chi connectivity index (χ2v) is 3.90. The van der Waals surface area contributed by atoms with Gasteiger partial charge in [0.1, 0.15) is 0 Å². The third-order valence-corrected chi connectivity index (χ3v) is 2.24. The van der Waals surface area contributed by atoms with Crippen molar-refractivity contribution in [1.29, 1.82) is 0 Å². The Labute approximate surface area is 62.9 Å². The number of nitrogens with one attached hydrogen (secondary N) is 1. The predicted octanol–water partition coefficient (Wildman–Crippen LogP) is -0.423. The summed E-state index contributed by atoms with van der Waals surface area (Å²) in [6.45, 7) is 0. The third-order valence-electron chi connectivity index (χ3n) is 1.55. The van der Waals surface area contributed by atoms with E-state index in [1.165, 1.54) is 0 Å². The monoisotopic (exact) mass is 186 g/mol. The van der Waals surface area contributed by atoms with Crippen molar-refractivity contribution in [3.8, 4) is 0 Å². The van der Waals surface area contributed by atoms with E-state index in [0.29, 0.717) is 0 Å². The summed E-state index contributed by atoms with van der Waals surface area (Å²) in [5.74, 6) is 0. The molecule has 1 aliphatic carbocycles. The maximum atomic E-state index is 12.0. The summed E-state index contributed by atoms with van der Waals surface area (Å²) in [5, 5.41) is 4.53. The Morgan fingerprint density at radius 1 is 1.45 bits per heavy atom. The van der Waals surface area contributed by atoms with Gasteiger partial charge in [0.25, 0.3) is 16.6 Å². The van der Waals surface area contributed by atoms with E-state index in [9.17, 15) is 17.2 Å². The van der Waals surface area contributed by atoms with Gasteiger partial charge in [-0.15, -0.1) is 0 Å². The second kappa shape index (κ2) is 2.36. The number of hydrogen-bond acceptors (Lipinski definition) is 2. The average molecular weight is 186 g/mol. The minimum atomic E-state index is -3.99.